The largest absolute Gasteiger partial charge is 0.444 e. The number of carbonyl (C=O) groups excluding carboxylic acids is 1. The summed E-state index contributed by atoms with van der Waals surface area (Å²) in [6, 6.07) is 6.14. The van der Waals surface area contributed by atoms with E-state index in [1.54, 1.807) is 0 Å². The third-order valence-electron chi connectivity index (χ3n) is 4.63. The summed E-state index contributed by atoms with van der Waals surface area (Å²) in [5, 5.41) is 2.85. The molecule has 0 aromatic heterocycles. The van der Waals surface area contributed by atoms with Crippen LogP contribution in [0.15, 0.2) is 18.2 Å². The van der Waals surface area contributed by atoms with E-state index in [2.05, 4.69) is 25.2 Å². The molecule has 122 valence electrons. The number of amides is 1. The third kappa shape index (κ3) is 3.43. The molecule has 4 heteroatoms. The molecule has 0 unspecified atom stereocenters. The number of nitrogens with two attached hydrogens (primary N) is 1. The first-order chi connectivity index (χ1) is 9.95. The number of hydrogen-bond donors (Lipinski definition) is 2. The molecule has 1 amide bonds. The first-order valence-electron chi connectivity index (χ1n) is 7.85. The highest BCUT2D eigenvalue weighted by Crippen LogP contribution is 2.49. The van der Waals surface area contributed by atoms with Gasteiger partial charge in [0.1, 0.15) is 5.60 Å². The van der Waals surface area contributed by atoms with Crippen LogP contribution in [0.25, 0.3) is 0 Å². The van der Waals surface area contributed by atoms with Crippen LogP contribution in [-0.2, 0) is 10.2 Å². The molecule has 1 saturated carbocycles. The van der Waals surface area contributed by atoms with Gasteiger partial charge in [0.05, 0.1) is 0 Å². The molecular formula is C18H28N2O2. The van der Waals surface area contributed by atoms with Crippen molar-refractivity contribution in [3.8, 4) is 0 Å². The highest BCUT2D eigenvalue weighted by atomic mass is 16.6. The van der Waals surface area contributed by atoms with Gasteiger partial charge in [-0.05, 0) is 57.7 Å². The van der Waals surface area contributed by atoms with Crippen LogP contribution in [0.2, 0.25) is 0 Å². The second-order valence-corrected chi connectivity index (χ2v) is 7.94. The lowest BCUT2D eigenvalue weighted by atomic mass is 9.75. The molecular weight excluding hydrogens is 276 g/mol. The van der Waals surface area contributed by atoms with Crippen LogP contribution in [0.1, 0.15) is 58.6 Å². The highest BCUT2D eigenvalue weighted by molar-refractivity contribution is 5.86. The number of hydrogen-bond acceptors (Lipinski definition) is 3. The molecule has 0 bridgehead atoms. The lowest BCUT2D eigenvalue weighted by Crippen LogP contribution is -2.43. The van der Waals surface area contributed by atoms with E-state index in [0.717, 1.165) is 29.7 Å². The molecule has 1 fully saturated rings. The quantitative estimate of drug-likeness (QED) is 0.883. The van der Waals surface area contributed by atoms with Crippen LogP contribution < -0.4 is 11.1 Å². The van der Waals surface area contributed by atoms with Crippen molar-refractivity contribution in [1.82, 2.24) is 0 Å². The average molecular weight is 304 g/mol. The monoisotopic (exact) mass is 304 g/mol. The van der Waals surface area contributed by atoms with Crippen molar-refractivity contribution < 1.29 is 9.53 Å². The van der Waals surface area contributed by atoms with E-state index in [1.165, 1.54) is 0 Å². The molecule has 1 aromatic rings. The molecule has 0 heterocycles. The van der Waals surface area contributed by atoms with Gasteiger partial charge < -0.3 is 10.5 Å². The molecule has 22 heavy (non-hydrogen) atoms. The Labute approximate surface area is 133 Å². The predicted octanol–water partition coefficient (Wildman–Crippen LogP) is 4.11. The van der Waals surface area contributed by atoms with Crippen LogP contribution in [0, 0.1) is 6.92 Å². The van der Waals surface area contributed by atoms with Gasteiger partial charge in [-0.25, -0.2) is 4.79 Å². The highest BCUT2D eigenvalue weighted by Gasteiger charge is 2.51. The Hall–Kier alpha value is -1.55. The van der Waals surface area contributed by atoms with Crippen molar-refractivity contribution in [2.24, 2.45) is 5.73 Å². The zero-order chi connectivity index (χ0) is 16.8. The van der Waals surface area contributed by atoms with Gasteiger partial charge in [0, 0.05) is 16.6 Å². The molecule has 1 aliphatic carbocycles. The summed E-state index contributed by atoms with van der Waals surface area (Å²) in [6.45, 7) is 11.9. The molecule has 0 atom stereocenters. The Morgan fingerprint density at radius 3 is 2.32 bits per heavy atom. The van der Waals surface area contributed by atoms with Crippen molar-refractivity contribution in [2.45, 2.75) is 70.9 Å². The summed E-state index contributed by atoms with van der Waals surface area (Å²) in [7, 11) is 0. The molecule has 4 nitrogen and oxygen atoms in total. The third-order valence-corrected chi connectivity index (χ3v) is 4.63. The van der Waals surface area contributed by atoms with Crippen LogP contribution in [0.3, 0.4) is 0 Å². The fourth-order valence-electron chi connectivity index (χ4n) is 2.61. The topological polar surface area (TPSA) is 64.3 Å². The zero-order valence-electron chi connectivity index (χ0n) is 14.5. The second kappa shape index (κ2) is 5.27. The number of rotatable bonds is 3. The maximum atomic E-state index is 12.0. The fraction of sp³-hybridized carbons (Fsp3) is 0.611. The number of carbonyl (C=O) groups is 1. The summed E-state index contributed by atoms with van der Waals surface area (Å²) in [4.78, 5) is 12.0. The maximum Gasteiger partial charge on any atom is 0.412 e. The van der Waals surface area contributed by atoms with E-state index in [9.17, 15) is 4.79 Å². The minimum Gasteiger partial charge on any atom is -0.444 e. The first kappa shape index (κ1) is 16.8. The number of ether oxygens (including phenoxy) is 1. The number of anilines is 1. The summed E-state index contributed by atoms with van der Waals surface area (Å²) in [6.07, 6.45) is 1.66. The summed E-state index contributed by atoms with van der Waals surface area (Å²) in [5.74, 6) is 0. The van der Waals surface area contributed by atoms with Crippen LogP contribution in [-0.4, -0.2) is 17.2 Å². The SMILES string of the molecule is Cc1ccc(C(C)(C)C2(N)CC2)cc1NC(=O)OC(C)(C)C. The van der Waals surface area contributed by atoms with Crippen molar-refractivity contribution in [3.05, 3.63) is 29.3 Å². The Morgan fingerprint density at radius 1 is 1.23 bits per heavy atom. The van der Waals surface area contributed by atoms with Gasteiger partial charge in [0.25, 0.3) is 0 Å². The van der Waals surface area contributed by atoms with Gasteiger partial charge >= 0.3 is 6.09 Å². The van der Waals surface area contributed by atoms with Gasteiger partial charge in [-0.3, -0.25) is 5.32 Å². The maximum absolute atomic E-state index is 12.0. The zero-order valence-corrected chi connectivity index (χ0v) is 14.5. The Kier molecular flexibility index (Phi) is 4.03. The summed E-state index contributed by atoms with van der Waals surface area (Å²) < 4.78 is 5.33. The molecule has 1 aromatic carbocycles. The van der Waals surface area contributed by atoms with Crippen molar-refractivity contribution in [1.29, 1.82) is 0 Å². The van der Waals surface area contributed by atoms with Crippen LogP contribution in [0.5, 0.6) is 0 Å². The van der Waals surface area contributed by atoms with Crippen LogP contribution >= 0.6 is 0 Å². The number of aryl methyl sites for hydroxylation is 1. The summed E-state index contributed by atoms with van der Waals surface area (Å²) >= 11 is 0. The standard InChI is InChI=1S/C18H28N2O2/c1-12-7-8-13(17(5,6)18(19)9-10-18)11-14(12)20-15(21)22-16(2,3)4/h7-8,11H,9-10,19H2,1-6H3,(H,20,21). The van der Waals surface area contributed by atoms with Gasteiger partial charge in [0.15, 0.2) is 0 Å². The number of benzene rings is 1. The normalized spacial score (nSPS) is 17.0. The predicted molar refractivity (Wildman–Crippen MR) is 90.2 cm³/mol. The Bertz CT molecular complexity index is 581. The Morgan fingerprint density at radius 2 is 1.82 bits per heavy atom. The molecule has 0 spiro atoms. The van der Waals surface area contributed by atoms with Crippen molar-refractivity contribution in [3.63, 3.8) is 0 Å². The molecule has 0 saturated heterocycles. The summed E-state index contributed by atoms with van der Waals surface area (Å²) in [5.41, 5.74) is 8.58. The average Bonchev–Trinajstić information content (AvgIpc) is 3.09. The lowest BCUT2D eigenvalue weighted by Gasteiger charge is -2.33. The molecule has 0 aliphatic heterocycles. The first-order valence-corrected chi connectivity index (χ1v) is 7.85. The van der Waals surface area contributed by atoms with E-state index < -0.39 is 11.7 Å². The van der Waals surface area contributed by atoms with E-state index in [1.807, 2.05) is 39.8 Å². The van der Waals surface area contributed by atoms with Crippen LogP contribution in [0.4, 0.5) is 10.5 Å². The van der Waals surface area contributed by atoms with E-state index in [4.69, 9.17) is 10.5 Å². The van der Waals surface area contributed by atoms with E-state index in [-0.39, 0.29) is 11.0 Å². The molecule has 0 radical (unpaired) electrons. The fourth-order valence-corrected chi connectivity index (χ4v) is 2.61. The smallest absolute Gasteiger partial charge is 0.412 e. The van der Waals surface area contributed by atoms with Crippen molar-refractivity contribution in [2.75, 3.05) is 5.32 Å². The number of nitrogens with one attached hydrogen (secondary N) is 1. The van der Waals surface area contributed by atoms with E-state index >= 15 is 0 Å². The van der Waals surface area contributed by atoms with E-state index in [0.29, 0.717) is 0 Å². The van der Waals surface area contributed by atoms with Gasteiger partial charge in [-0.15, -0.1) is 0 Å². The van der Waals surface area contributed by atoms with Gasteiger partial charge in [0.2, 0.25) is 0 Å². The Balaban J connectivity index is 2.23. The van der Waals surface area contributed by atoms with Gasteiger partial charge in [-0.1, -0.05) is 26.0 Å². The van der Waals surface area contributed by atoms with Gasteiger partial charge in [-0.2, -0.15) is 0 Å². The lowest BCUT2D eigenvalue weighted by molar-refractivity contribution is 0.0636. The minimum absolute atomic E-state index is 0.120. The molecule has 1 aliphatic rings. The minimum atomic E-state index is -0.510. The molecule has 2 rings (SSSR count). The molecule has 3 N–H and O–H groups in total. The van der Waals surface area contributed by atoms with Crippen molar-refractivity contribution >= 4 is 11.8 Å². The second-order valence-electron chi connectivity index (χ2n) is 7.94.